The maximum atomic E-state index is 9.57. The summed E-state index contributed by atoms with van der Waals surface area (Å²) in [5, 5.41) is 19.1. The normalized spacial score (nSPS) is 17.0. The second kappa shape index (κ2) is 16.9. The van der Waals surface area contributed by atoms with Gasteiger partial charge >= 0.3 is 26.2 Å². The molecule has 2 unspecified atom stereocenters. The fraction of sp³-hybridized carbons (Fsp3) is 0.308. The zero-order valence-corrected chi connectivity index (χ0v) is 36.8. The van der Waals surface area contributed by atoms with Crippen LogP contribution in [-0.2, 0) is 49.9 Å². The standard InChI is InChI=1S/C30H24.2C11H16O.Zr/c1-19-11-13-27-25-9-5-3-7-21(25)17-29(27)23(19)15-16-24-20(2)12-14-28-26-10-6-4-8-22(26)18-30(24)28;2*1-8-5-6-10(12)9(7-8)11(2,3)4;/h3-14,25-26H,15-16H2,1-2H3;2*5-7,12H,1-4H3;/q-2;;;+2. The number of allylic oxidation sites excluding steroid dienone is 10. The third-order valence-corrected chi connectivity index (χ3v) is 11.0. The Labute approximate surface area is 350 Å². The van der Waals surface area contributed by atoms with E-state index in [9.17, 15) is 10.2 Å². The van der Waals surface area contributed by atoms with Gasteiger partial charge in [0.15, 0.2) is 0 Å². The van der Waals surface area contributed by atoms with E-state index in [1.54, 1.807) is 12.1 Å². The van der Waals surface area contributed by atoms with Crippen molar-refractivity contribution in [3.05, 3.63) is 199 Å². The summed E-state index contributed by atoms with van der Waals surface area (Å²) in [7, 11) is 0. The van der Waals surface area contributed by atoms with E-state index in [1.165, 1.54) is 66.8 Å². The molecule has 0 spiro atoms. The van der Waals surface area contributed by atoms with E-state index >= 15 is 0 Å². The van der Waals surface area contributed by atoms with Crippen LogP contribution in [0.15, 0.2) is 120 Å². The van der Waals surface area contributed by atoms with E-state index in [0.717, 1.165) is 24.0 Å². The Hall–Kier alpha value is -4.20. The Morgan fingerprint density at radius 3 is 1.25 bits per heavy atom. The van der Waals surface area contributed by atoms with Crippen LogP contribution in [-0.4, -0.2) is 10.2 Å². The van der Waals surface area contributed by atoms with Crippen LogP contribution in [0.4, 0.5) is 0 Å². The fourth-order valence-electron chi connectivity index (χ4n) is 7.90. The molecule has 4 aliphatic rings. The Morgan fingerprint density at radius 2 is 0.909 bits per heavy atom. The molecular weight excluding hydrogens is 748 g/mol. The van der Waals surface area contributed by atoms with Crippen LogP contribution in [0.2, 0.25) is 0 Å². The Kier molecular flexibility index (Phi) is 12.9. The van der Waals surface area contributed by atoms with Gasteiger partial charge in [-0.05, 0) is 73.6 Å². The molecule has 4 aliphatic carbocycles. The molecular formula is C52H56O2Zr. The van der Waals surface area contributed by atoms with Crippen LogP contribution < -0.4 is 0 Å². The van der Waals surface area contributed by atoms with E-state index in [4.69, 9.17) is 0 Å². The molecule has 0 bridgehead atoms. The Morgan fingerprint density at radius 1 is 0.527 bits per heavy atom. The van der Waals surface area contributed by atoms with Gasteiger partial charge in [0.25, 0.3) is 0 Å². The Bertz CT molecular complexity index is 2100. The van der Waals surface area contributed by atoms with Crippen LogP contribution in [0, 0.1) is 39.8 Å². The quantitative estimate of drug-likeness (QED) is 0.203. The summed E-state index contributed by atoms with van der Waals surface area (Å²) in [5.41, 5.74) is 18.2. The van der Waals surface area contributed by atoms with Gasteiger partial charge in [-0.25, -0.2) is 0 Å². The predicted molar refractivity (Wildman–Crippen MR) is 227 cm³/mol. The van der Waals surface area contributed by atoms with Gasteiger partial charge in [-0.2, -0.15) is 0 Å². The largest absolute Gasteiger partial charge is 2.00 e. The van der Waals surface area contributed by atoms with Crippen LogP contribution >= 0.6 is 0 Å². The zero-order valence-electron chi connectivity index (χ0n) is 34.4. The van der Waals surface area contributed by atoms with Gasteiger partial charge < -0.3 is 10.2 Å². The van der Waals surface area contributed by atoms with E-state index in [0.29, 0.717) is 23.3 Å². The first-order valence-corrected chi connectivity index (χ1v) is 19.4. The maximum absolute atomic E-state index is 9.57. The van der Waals surface area contributed by atoms with E-state index in [2.05, 4.69) is 140 Å². The minimum atomic E-state index is 0. The fourth-order valence-corrected chi connectivity index (χ4v) is 7.90. The molecule has 4 aromatic carbocycles. The molecule has 280 valence electrons. The summed E-state index contributed by atoms with van der Waals surface area (Å²) in [4.78, 5) is 0. The molecule has 8 rings (SSSR count). The van der Waals surface area contributed by atoms with Gasteiger partial charge in [-0.15, -0.1) is 93.1 Å². The number of hydrogen-bond donors (Lipinski definition) is 2. The maximum Gasteiger partial charge on any atom is 2.00 e. The predicted octanol–water partition coefficient (Wildman–Crippen LogP) is 12.7. The van der Waals surface area contributed by atoms with Crippen LogP contribution in [0.5, 0.6) is 11.5 Å². The van der Waals surface area contributed by atoms with Gasteiger partial charge in [-0.3, -0.25) is 0 Å². The average molecular weight is 804 g/mol. The van der Waals surface area contributed by atoms with E-state index in [1.807, 2.05) is 38.1 Å². The summed E-state index contributed by atoms with van der Waals surface area (Å²) in [6, 6.07) is 20.6. The summed E-state index contributed by atoms with van der Waals surface area (Å²) < 4.78 is 0. The number of phenolic OH excluding ortho intramolecular Hbond substituents is 2. The smallest absolute Gasteiger partial charge is 0.508 e. The topological polar surface area (TPSA) is 40.5 Å². The first-order valence-electron chi connectivity index (χ1n) is 19.4. The molecule has 4 aromatic rings. The van der Waals surface area contributed by atoms with Gasteiger partial charge in [0, 0.05) is 0 Å². The van der Waals surface area contributed by atoms with E-state index in [-0.39, 0.29) is 37.0 Å². The van der Waals surface area contributed by atoms with Crippen molar-refractivity contribution in [3.8, 4) is 11.5 Å². The first kappa shape index (κ1) is 42.0. The second-order valence-corrected chi connectivity index (χ2v) is 17.3. The molecule has 0 saturated carbocycles. The van der Waals surface area contributed by atoms with Crippen LogP contribution in [0.3, 0.4) is 0 Å². The van der Waals surface area contributed by atoms with Crippen molar-refractivity contribution in [2.75, 3.05) is 0 Å². The number of benzene rings is 4. The molecule has 55 heavy (non-hydrogen) atoms. The van der Waals surface area contributed by atoms with Crippen molar-refractivity contribution in [2.24, 2.45) is 0 Å². The summed E-state index contributed by atoms with van der Waals surface area (Å²) in [6.07, 6.45) is 27.1. The Balaban J connectivity index is 0.000000193. The molecule has 2 N–H and O–H groups in total. The number of fused-ring (bicyclic) bond motifs is 6. The average Bonchev–Trinajstić information content (AvgIpc) is 3.69. The van der Waals surface area contributed by atoms with Crippen LogP contribution in [0.1, 0.15) is 120 Å². The summed E-state index contributed by atoms with van der Waals surface area (Å²) in [5.74, 6) is 1.56. The van der Waals surface area contributed by atoms with Gasteiger partial charge in [0.1, 0.15) is 11.5 Å². The van der Waals surface area contributed by atoms with Crippen molar-refractivity contribution in [2.45, 2.75) is 105 Å². The molecule has 0 heterocycles. The molecule has 2 nitrogen and oxygen atoms in total. The molecule has 0 amide bonds. The molecule has 3 heteroatoms. The second-order valence-electron chi connectivity index (χ2n) is 17.3. The van der Waals surface area contributed by atoms with Gasteiger partial charge in [0.05, 0.1) is 0 Å². The van der Waals surface area contributed by atoms with Crippen molar-refractivity contribution in [3.63, 3.8) is 0 Å². The monoisotopic (exact) mass is 802 g/mol. The molecule has 2 atom stereocenters. The van der Waals surface area contributed by atoms with Gasteiger partial charge in [0.2, 0.25) is 0 Å². The molecule has 0 radical (unpaired) electrons. The minimum absolute atomic E-state index is 0. The third-order valence-electron chi connectivity index (χ3n) is 11.0. The molecule has 0 aromatic heterocycles. The minimum Gasteiger partial charge on any atom is -0.508 e. The molecule has 0 saturated heterocycles. The van der Waals surface area contributed by atoms with Crippen molar-refractivity contribution in [1.29, 1.82) is 0 Å². The van der Waals surface area contributed by atoms with E-state index < -0.39 is 0 Å². The summed E-state index contributed by atoms with van der Waals surface area (Å²) in [6.45, 7) is 21.2. The first-order chi connectivity index (χ1) is 25.5. The van der Waals surface area contributed by atoms with Crippen molar-refractivity contribution < 1.29 is 36.4 Å². The number of phenols is 2. The number of rotatable bonds is 3. The third kappa shape index (κ3) is 9.27. The van der Waals surface area contributed by atoms with Crippen molar-refractivity contribution >= 4 is 0 Å². The van der Waals surface area contributed by atoms with Crippen LogP contribution in [0.25, 0.3) is 0 Å². The zero-order chi connectivity index (χ0) is 38.9. The van der Waals surface area contributed by atoms with Crippen molar-refractivity contribution in [1.82, 2.24) is 0 Å². The summed E-state index contributed by atoms with van der Waals surface area (Å²) >= 11 is 0. The SMILES string of the molecule is Cc1ccc(O)c(C(C)(C)C)c1.Cc1ccc(O)c(C(C)(C)C)c1.Cc1ccc2c(c1CCc1c(C)ccc3c1[C-]=C1C=CC=CC13)[C-]=C1C=CC=CC12.[Zr+2]. The molecule has 0 aliphatic heterocycles. The van der Waals surface area contributed by atoms with Gasteiger partial charge in [-0.1, -0.05) is 137 Å². The molecule has 0 fully saturated rings. The number of hydrogen-bond acceptors (Lipinski definition) is 2. The number of aryl methyl sites for hydroxylation is 4. The number of aromatic hydroxyl groups is 2.